The van der Waals surface area contributed by atoms with E-state index in [0.29, 0.717) is 29.1 Å². The molecule has 0 aromatic carbocycles. The van der Waals surface area contributed by atoms with E-state index in [1.807, 2.05) is 18.2 Å². The Kier molecular flexibility index (Phi) is 6.37. The number of ether oxygens (including phenoxy) is 1. The molecule has 1 aliphatic carbocycles. The summed E-state index contributed by atoms with van der Waals surface area (Å²) in [6.07, 6.45) is 11.3. The Morgan fingerprint density at radius 3 is 2.73 bits per heavy atom. The van der Waals surface area contributed by atoms with E-state index in [4.69, 9.17) is 32.9 Å². The zero-order chi connectivity index (χ0) is 19.8. The van der Waals surface area contributed by atoms with Crippen LogP contribution in [-0.4, -0.2) is 28.3 Å². The molecule has 9 heteroatoms. The van der Waals surface area contributed by atoms with Gasteiger partial charge >= 0.3 is 0 Å². The minimum absolute atomic E-state index is 0. The fraction of sp³-hybridized carbons (Fsp3) is 0.381. The van der Waals surface area contributed by atoms with E-state index in [1.165, 1.54) is 5.56 Å². The molecule has 2 aromatic heterocycles. The zero-order valence-electron chi connectivity index (χ0n) is 16.2. The van der Waals surface area contributed by atoms with Crippen molar-refractivity contribution in [1.29, 1.82) is 0 Å². The molecule has 0 bridgehead atoms. The number of pyridine rings is 1. The molecule has 0 radical (unpaired) electrons. The van der Waals surface area contributed by atoms with Crippen molar-refractivity contribution < 1.29 is 4.74 Å². The van der Waals surface area contributed by atoms with Gasteiger partial charge in [-0.05, 0) is 37.8 Å². The molecule has 2 aliphatic heterocycles. The number of nitrogens with zero attached hydrogens (tertiary/aromatic N) is 3. The smallest absolute Gasteiger partial charge is 0.139 e. The Balaban J connectivity index is 0.00000218. The van der Waals surface area contributed by atoms with Gasteiger partial charge in [-0.2, -0.15) is 5.10 Å². The molecule has 0 saturated heterocycles. The SMILES string of the molecule is Cl.ClC1=CCN=c2c3c([nH]c2=C1)C(C1CCC(Oc2cncc(Cl)c2)CC1)=NNC3. The maximum absolute atomic E-state index is 6.24. The number of hydrogen-bond acceptors (Lipinski definition) is 5. The number of halogens is 3. The topological polar surface area (TPSA) is 74.7 Å². The van der Waals surface area contributed by atoms with E-state index >= 15 is 0 Å². The number of hydrazone groups is 1. The molecule has 0 atom stereocenters. The molecule has 4 heterocycles. The number of H-pyrrole nitrogens is 1. The van der Waals surface area contributed by atoms with Crippen molar-refractivity contribution in [2.45, 2.75) is 38.3 Å². The summed E-state index contributed by atoms with van der Waals surface area (Å²) in [4.78, 5) is 12.3. The van der Waals surface area contributed by atoms with E-state index in [1.54, 1.807) is 12.4 Å². The van der Waals surface area contributed by atoms with Crippen molar-refractivity contribution in [2.75, 3.05) is 6.54 Å². The molecule has 158 valence electrons. The number of allylic oxidation sites excluding steroid dienone is 1. The summed E-state index contributed by atoms with van der Waals surface area (Å²) in [5.74, 6) is 1.11. The minimum atomic E-state index is 0. The molecule has 6 nitrogen and oxygen atoms in total. The molecule has 0 spiro atoms. The highest BCUT2D eigenvalue weighted by molar-refractivity contribution is 6.34. The monoisotopic (exact) mass is 465 g/mol. The lowest BCUT2D eigenvalue weighted by Gasteiger charge is -2.30. The van der Waals surface area contributed by atoms with Crippen LogP contribution in [0.3, 0.4) is 0 Å². The van der Waals surface area contributed by atoms with Gasteiger partial charge in [-0.15, -0.1) is 12.4 Å². The summed E-state index contributed by atoms with van der Waals surface area (Å²) in [5.41, 5.74) is 6.58. The number of hydrogen-bond donors (Lipinski definition) is 2. The predicted molar refractivity (Wildman–Crippen MR) is 121 cm³/mol. The van der Waals surface area contributed by atoms with Crippen LogP contribution in [0.5, 0.6) is 5.75 Å². The first-order valence-corrected chi connectivity index (χ1v) is 10.6. The van der Waals surface area contributed by atoms with Crippen LogP contribution in [0.2, 0.25) is 5.02 Å². The van der Waals surface area contributed by atoms with E-state index in [-0.39, 0.29) is 18.5 Å². The van der Waals surface area contributed by atoms with E-state index in [0.717, 1.165) is 53.5 Å². The molecule has 1 fully saturated rings. The van der Waals surface area contributed by atoms with Crippen LogP contribution in [0.25, 0.3) is 6.08 Å². The first-order valence-electron chi connectivity index (χ1n) is 9.88. The van der Waals surface area contributed by atoms with E-state index < -0.39 is 0 Å². The number of nitrogens with one attached hydrogen (secondary N) is 2. The summed E-state index contributed by atoms with van der Waals surface area (Å²) in [5, 5.41) is 7.94. The van der Waals surface area contributed by atoms with Crippen LogP contribution in [0.4, 0.5) is 0 Å². The quantitative estimate of drug-likeness (QED) is 0.727. The number of aromatic amines is 1. The van der Waals surface area contributed by atoms with Gasteiger partial charge in [-0.3, -0.25) is 9.98 Å². The normalized spacial score (nSPS) is 22.5. The van der Waals surface area contributed by atoms with Gasteiger partial charge in [0.15, 0.2) is 0 Å². The molecule has 5 rings (SSSR count). The summed E-state index contributed by atoms with van der Waals surface area (Å²) >= 11 is 12.2. The molecule has 0 amide bonds. The largest absolute Gasteiger partial charge is 0.489 e. The summed E-state index contributed by atoms with van der Waals surface area (Å²) in [6, 6.07) is 1.81. The molecule has 0 unspecified atom stereocenters. The Bertz CT molecular complexity index is 1120. The fourth-order valence-corrected chi connectivity index (χ4v) is 4.65. The maximum Gasteiger partial charge on any atom is 0.139 e. The third kappa shape index (κ3) is 4.22. The maximum atomic E-state index is 6.24. The van der Waals surface area contributed by atoms with Crippen LogP contribution in [-0.2, 0) is 6.54 Å². The lowest BCUT2D eigenvalue weighted by atomic mass is 9.82. The fourth-order valence-electron chi connectivity index (χ4n) is 4.31. The van der Waals surface area contributed by atoms with Crippen molar-refractivity contribution in [3.63, 3.8) is 0 Å². The molecular weight excluding hydrogens is 445 g/mol. The van der Waals surface area contributed by atoms with Gasteiger partial charge < -0.3 is 15.1 Å². The van der Waals surface area contributed by atoms with E-state index in [2.05, 4.69) is 20.5 Å². The molecule has 30 heavy (non-hydrogen) atoms. The first-order chi connectivity index (χ1) is 14.2. The minimum Gasteiger partial charge on any atom is -0.489 e. The van der Waals surface area contributed by atoms with Gasteiger partial charge in [0.05, 0.1) is 52.5 Å². The highest BCUT2D eigenvalue weighted by Gasteiger charge is 2.31. The van der Waals surface area contributed by atoms with E-state index in [9.17, 15) is 0 Å². The average Bonchev–Trinajstić information content (AvgIpc) is 2.95. The van der Waals surface area contributed by atoms with Gasteiger partial charge in [0.25, 0.3) is 0 Å². The van der Waals surface area contributed by atoms with Crippen molar-refractivity contribution in [2.24, 2.45) is 16.0 Å². The lowest BCUT2D eigenvalue weighted by molar-refractivity contribution is 0.144. The van der Waals surface area contributed by atoms with Crippen molar-refractivity contribution in [3.05, 3.63) is 56.6 Å². The Morgan fingerprint density at radius 2 is 1.93 bits per heavy atom. The zero-order valence-corrected chi connectivity index (χ0v) is 18.5. The number of aromatic nitrogens is 2. The Morgan fingerprint density at radius 1 is 1.10 bits per heavy atom. The number of fused-ring (bicyclic) bond motifs is 3. The van der Waals surface area contributed by atoms with Gasteiger partial charge in [0.1, 0.15) is 5.75 Å². The first kappa shape index (κ1) is 21.2. The van der Waals surface area contributed by atoms with Gasteiger partial charge in [0.2, 0.25) is 0 Å². The van der Waals surface area contributed by atoms with Crippen LogP contribution in [0.1, 0.15) is 36.9 Å². The molecule has 2 N–H and O–H groups in total. The second-order valence-electron chi connectivity index (χ2n) is 7.58. The standard InChI is InChI=1S/C21H21Cl2N5O.ClH/c22-13-5-6-25-20-17-11-26-28-19(21(17)27-18(20)8-13)12-1-3-15(4-2-12)29-16-7-14(23)9-24-10-16;/h5,7-10,12,15,26-27H,1-4,6,11H2;1H. The lowest BCUT2D eigenvalue weighted by Crippen LogP contribution is -2.33. The van der Waals surface area contributed by atoms with Gasteiger partial charge in [-0.1, -0.05) is 23.2 Å². The third-order valence-corrected chi connectivity index (χ3v) is 6.15. The van der Waals surface area contributed by atoms with Crippen LogP contribution in [0.15, 0.2) is 39.7 Å². The summed E-state index contributed by atoms with van der Waals surface area (Å²) in [6.45, 7) is 1.28. The highest BCUT2D eigenvalue weighted by atomic mass is 35.5. The third-order valence-electron chi connectivity index (χ3n) is 5.68. The van der Waals surface area contributed by atoms with Crippen LogP contribution in [0, 0.1) is 5.92 Å². The van der Waals surface area contributed by atoms with Gasteiger partial charge in [0, 0.05) is 28.8 Å². The molecule has 2 aromatic rings. The summed E-state index contributed by atoms with van der Waals surface area (Å²) < 4.78 is 6.08. The predicted octanol–water partition coefficient (Wildman–Crippen LogP) is 3.47. The van der Waals surface area contributed by atoms with Crippen LogP contribution < -0.4 is 20.9 Å². The Hall–Kier alpha value is -2.02. The van der Waals surface area contributed by atoms with Crippen LogP contribution >= 0.6 is 35.6 Å². The second kappa shape index (κ2) is 9.00. The summed E-state index contributed by atoms with van der Waals surface area (Å²) in [7, 11) is 0. The number of rotatable bonds is 3. The highest BCUT2D eigenvalue weighted by Crippen LogP contribution is 2.31. The molecule has 1 saturated carbocycles. The molecule has 3 aliphatic rings. The van der Waals surface area contributed by atoms with Crippen molar-refractivity contribution in [3.8, 4) is 5.75 Å². The van der Waals surface area contributed by atoms with Crippen molar-refractivity contribution in [1.82, 2.24) is 15.4 Å². The molecular formula is C21H22Cl3N5O. The Labute approximate surface area is 190 Å². The van der Waals surface area contributed by atoms with Crippen molar-refractivity contribution >= 4 is 47.4 Å². The average molecular weight is 467 g/mol. The van der Waals surface area contributed by atoms with Gasteiger partial charge in [-0.25, -0.2) is 0 Å². The second-order valence-corrected chi connectivity index (χ2v) is 8.45.